The third-order valence-electron chi connectivity index (χ3n) is 3.99. The molecule has 0 saturated heterocycles. The largest absolute Gasteiger partial charge is 0.348 e. The number of nitrogens with zero attached hydrogens (tertiary/aromatic N) is 2. The van der Waals surface area contributed by atoms with Crippen molar-refractivity contribution < 1.29 is 4.79 Å². The molecular formula is C17H12ClN3O2. The highest BCUT2D eigenvalue weighted by Gasteiger charge is 2.18. The van der Waals surface area contributed by atoms with Gasteiger partial charge in [-0.25, -0.2) is 4.98 Å². The summed E-state index contributed by atoms with van der Waals surface area (Å²) in [6.45, 7) is 0.929. The van der Waals surface area contributed by atoms with Crippen LogP contribution in [0.4, 0.5) is 0 Å². The predicted molar refractivity (Wildman–Crippen MR) is 87.7 cm³/mol. The molecule has 0 unspecified atom stereocenters. The lowest BCUT2D eigenvalue weighted by atomic mass is 10.1. The summed E-state index contributed by atoms with van der Waals surface area (Å²) in [6.07, 6.45) is 1.54. The first kappa shape index (κ1) is 14.0. The van der Waals surface area contributed by atoms with Crippen LogP contribution in [0.2, 0.25) is 5.02 Å². The van der Waals surface area contributed by atoms with E-state index in [1.807, 2.05) is 12.1 Å². The Balaban J connectivity index is 1.75. The Morgan fingerprint density at radius 2 is 2.04 bits per heavy atom. The van der Waals surface area contributed by atoms with E-state index in [0.717, 1.165) is 11.1 Å². The Hall–Kier alpha value is -2.66. The fourth-order valence-corrected chi connectivity index (χ4v) is 3.00. The molecule has 5 nitrogen and oxygen atoms in total. The number of halogens is 1. The maximum atomic E-state index is 12.6. The summed E-state index contributed by atoms with van der Waals surface area (Å²) in [7, 11) is 0. The second-order valence-corrected chi connectivity index (χ2v) is 5.95. The van der Waals surface area contributed by atoms with Crippen LogP contribution in [0, 0.1) is 0 Å². The number of amides is 1. The molecule has 0 aliphatic carbocycles. The minimum Gasteiger partial charge on any atom is -0.348 e. The van der Waals surface area contributed by atoms with Crippen LogP contribution in [0.15, 0.2) is 47.5 Å². The first-order valence-corrected chi connectivity index (χ1v) is 7.54. The number of aromatic nitrogens is 2. The van der Waals surface area contributed by atoms with Gasteiger partial charge in [0.25, 0.3) is 11.5 Å². The van der Waals surface area contributed by atoms with Crippen molar-refractivity contribution in [1.29, 1.82) is 0 Å². The average Bonchev–Trinajstić information content (AvgIpc) is 2.91. The number of benzene rings is 2. The number of hydrogen-bond acceptors (Lipinski definition) is 3. The van der Waals surface area contributed by atoms with Crippen molar-refractivity contribution in [2.45, 2.75) is 13.1 Å². The highest BCUT2D eigenvalue weighted by molar-refractivity contribution is 6.31. The first-order chi connectivity index (χ1) is 11.1. The van der Waals surface area contributed by atoms with Gasteiger partial charge in [0.2, 0.25) is 0 Å². The summed E-state index contributed by atoms with van der Waals surface area (Å²) in [5.74, 6) is -0.0502. The van der Waals surface area contributed by atoms with Crippen molar-refractivity contribution in [2.24, 2.45) is 0 Å². The molecule has 114 valence electrons. The molecule has 0 atom stereocenters. The van der Waals surface area contributed by atoms with Gasteiger partial charge in [-0.3, -0.25) is 14.2 Å². The van der Waals surface area contributed by atoms with Gasteiger partial charge in [-0.15, -0.1) is 0 Å². The number of carbonyl (C=O) groups is 1. The fraction of sp³-hybridized carbons (Fsp3) is 0.118. The van der Waals surface area contributed by atoms with Gasteiger partial charge in [-0.05, 0) is 35.4 Å². The second-order valence-electron chi connectivity index (χ2n) is 5.51. The van der Waals surface area contributed by atoms with Crippen LogP contribution < -0.4 is 10.9 Å². The molecule has 0 bridgehead atoms. The zero-order valence-electron chi connectivity index (χ0n) is 12.0. The van der Waals surface area contributed by atoms with Crippen molar-refractivity contribution in [3.63, 3.8) is 0 Å². The molecule has 0 saturated carbocycles. The van der Waals surface area contributed by atoms with E-state index in [0.29, 0.717) is 34.6 Å². The van der Waals surface area contributed by atoms with E-state index < -0.39 is 0 Å². The van der Waals surface area contributed by atoms with Crippen molar-refractivity contribution in [2.75, 3.05) is 0 Å². The van der Waals surface area contributed by atoms with Gasteiger partial charge >= 0.3 is 0 Å². The van der Waals surface area contributed by atoms with E-state index in [9.17, 15) is 9.59 Å². The molecule has 4 rings (SSSR count). The molecule has 1 aliphatic heterocycles. The molecule has 6 heteroatoms. The molecule has 23 heavy (non-hydrogen) atoms. The van der Waals surface area contributed by atoms with E-state index in [1.165, 1.54) is 6.33 Å². The first-order valence-electron chi connectivity index (χ1n) is 7.16. The van der Waals surface area contributed by atoms with Gasteiger partial charge in [0.05, 0.1) is 23.8 Å². The van der Waals surface area contributed by atoms with Crippen LogP contribution in [0.1, 0.15) is 21.5 Å². The van der Waals surface area contributed by atoms with Gasteiger partial charge in [-0.1, -0.05) is 23.7 Å². The van der Waals surface area contributed by atoms with Crippen molar-refractivity contribution in [3.05, 3.63) is 74.8 Å². The smallest absolute Gasteiger partial charge is 0.261 e. The van der Waals surface area contributed by atoms with E-state index in [4.69, 9.17) is 11.6 Å². The Morgan fingerprint density at radius 1 is 1.17 bits per heavy atom. The third-order valence-corrected chi connectivity index (χ3v) is 4.23. The summed E-state index contributed by atoms with van der Waals surface area (Å²) in [6, 6.07) is 10.7. The lowest BCUT2D eigenvalue weighted by Gasteiger charge is -2.08. The molecule has 1 amide bonds. The lowest BCUT2D eigenvalue weighted by molar-refractivity contribution is 0.0966. The number of rotatable bonds is 2. The minimum atomic E-state index is -0.132. The van der Waals surface area contributed by atoms with Crippen LogP contribution in [0.5, 0.6) is 0 Å². The maximum Gasteiger partial charge on any atom is 0.261 e. The molecule has 3 aromatic rings. The molecule has 2 heterocycles. The summed E-state index contributed by atoms with van der Waals surface area (Å²) in [5, 5.41) is 3.79. The molecule has 1 aromatic heterocycles. The van der Waals surface area contributed by atoms with Crippen LogP contribution in [0.25, 0.3) is 10.9 Å². The van der Waals surface area contributed by atoms with Gasteiger partial charge in [0.15, 0.2) is 0 Å². The third kappa shape index (κ3) is 2.39. The normalized spacial score (nSPS) is 13.2. The molecular weight excluding hydrogens is 314 g/mol. The van der Waals surface area contributed by atoms with E-state index in [2.05, 4.69) is 10.3 Å². The molecule has 0 radical (unpaired) electrons. The summed E-state index contributed by atoms with van der Waals surface area (Å²) in [4.78, 5) is 28.4. The zero-order valence-corrected chi connectivity index (χ0v) is 12.8. The van der Waals surface area contributed by atoms with Crippen molar-refractivity contribution in [3.8, 4) is 0 Å². The molecule has 2 aromatic carbocycles. The lowest BCUT2D eigenvalue weighted by Crippen LogP contribution is -2.21. The number of carbonyl (C=O) groups excluding carboxylic acids is 1. The highest BCUT2D eigenvalue weighted by Crippen LogP contribution is 2.18. The van der Waals surface area contributed by atoms with Crippen molar-refractivity contribution >= 4 is 28.4 Å². The minimum absolute atomic E-state index is 0.0502. The quantitative estimate of drug-likeness (QED) is 0.786. The standard InChI is InChI=1S/C17H12ClN3O2/c18-12-2-4-15-14(6-12)17(23)21(9-20-15)8-10-1-3-13-11(5-10)7-19-16(13)22/h1-6,9H,7-8H2,(H,19,22). The molecule has 1 aliphatic rings. The SMILES string of the molecule is O=C1NCc2cc(Cn3cnc4ccc(Cl)cc4c3=O)ccc21. The zero-order chi connectivity index (χ0) is 16.0. The average molecular weight is 326 g/mol. The van der Waals surface area contributed by atoms with Gasteiger partial charge in [0.1, 0.15) is 0 Å². The maximum absolute atomic E-state index is 12.6. The Bertz CT molecular complexity index is 1010. The number of nitrogens with one attached hydrogen (secondary N) is 1. The second kappa shape index (κ2) is 5.21. The van der Waals surface area contributed by atoms with Crippen LogP contribution in [-0.2, 0) is 13.1 Å². The Kier molecular flexibility index (Phi) is 3.16. The van der Waals surface area contributed by atoms with Crippen LogP contribution in [0.3, 0.4) is 0 Å². The summed E-state index contributed by atoms with van der Waals surface area (Å²) in [5.41, 5.74) is 3.10. The summed E-state index contributed by atoms with van der Waals surface area (Å²) < 4.78 is 1.55. The Morgan fingerprint density at radius 3 is 2.91 bits per heavy atom. The predicted octanol–water partition coefficient (Wildman–Crippen LogP) is 2.34. The number of fused-ring (bicyclic) bond motifs is 2. The Labute approximate surface area is 136 Å². The highest BCUT2D eigenvalue weighted by atomic mass is 35.5. The topological polar surface area (TPSA) is 64.0 Å². The number of hydrogen-bond donors (Lipinski definition) is 1. The van der Waals surface area contributed by atoms with E-state index in [-0.39, 0.29) is 11.5 Å². The fourth-order valence-electron chi connectivity index (χ4n) is 2.82. The summed E-state index contributed by atoms with van der Waals surface area (Å²) >= 11 is 5.97. The van der Waals surface area contributed by atoms with Crippen molar-refractivity contribution in [1.82, 2.24) is 14.9 Å². The monoisotopic (exact) mass is 325 g/mol. The van der Waals surface area contributed by atoms with Crippen LogP contribution >= 0.6 is 11.6 Å². The van der Waals surface area contributed by atoms with Gasteiger partial charge in [0, 0.05) is 17.1 Å². The van der Waals surface area contributed by atoms with E-state index >= 15 is 0 Å². The van der Waals surface area contributed by atoms with Crippen LogP contribution in [-0.4, -0.2) is 15.5 Å². The van der Waals surface area contributed by atoms with Gasteiger partial charge < -0.3 is 5.32 Å². The molecule has 0 fully saturated rings. The molecule has 0 spiro atoms. The molecule has 1 N–H and O–H groups in total. The van der Waals surface area contributed by atoms with E-state index in [1.54, 1.807) is 28.8 Å². The van der Waals surface area contributed by atoms with Gasteiger partial charge in [-0.2, -0.15) is 0 Å².